The van der Waals surface area contributed by atoms with Gasteiger partial charge in [-0.15, -0.1) is 11.3 Å². The van der Waals surface area contributed by atoms with E-state index in [4.69, 9.17) is 4.42 Å². The molecule has 242 valence electrons. The van der Waals surface area contributed by atoms with Crippen molar-refractivity contribution in [2.24, 2.45) is 0 Å². The van der Waals surface area contributed by atoms with Crippen LogP contribution in [0, 0.1) is 6.92 Å². The van der Waals surface area contributed by atoms with Crippen LogP contribution in [0.25, 0.3) is 93.5 Å². The Balaban J connectivity index is 1.30. The molecular formula is C48H38OS. The molecule has 0 unspecified atom stereocenters. The van der Waals surface area contributed by atoms with Crippen molar-refractivity contribution in [3.63, 3.8) is 0 Å². The highest BCUT2D eigenvalue weighted by atomic mass is 32.1. The van der Waals surface area contributed by atoms with Gasteiger partial charge in [-0.2, -0.15) is 0 Å². The van der Waals surface area contributed by atoms with Gasteiger partial charge in [0.1, 0.15) is 11.3 Å². The zero-order chi connectivity index (χ0) is 34.2. The zero-order valence-corrected chi connectivity index (χ0v) is 29.6. The predicted molar refractivity (Wildman–Crippen MR) is 220 cm³/mol. The second-order valence-corrected chi connectivity index (χ2v) is 13.7. The van der Waals surface area contributed by atoms with Gasteiger partial charge in [-0.3, -0.25) is 0 Å². The molecule has 0 bridgehead atoms. The van der Waals surface area contributed by atoms with Crippen LogP contribution in [0.4, 0.5) is 0 Å². The number of hydrogen-bond donors (Lipinski definition) is 0. The molecule has 0 aliphatic heterocycles. The Bertz CT molecular complexity index is 2780. The van der Waals surface area contributed by atoms with Gasteiger partial charge in [0.05, 0.1) is 0 Å². The molecule has 0 aliphatic carbocycles. The third kappa shape index (κ3) is 5.33. The third-order valence-electron chi connectivity index (χ3n) is 9.78. The maximum Gasteiger partial charge on any atom is 0.144 e. The minimum Gasteiger partial charge on any atom is -0.456 e. The number of fused-ring (bicyclic) bond motifs is 8. The van der Waals surface area contributed by atoms with E-state index >= 15 is 0 Å². The van der Waals surface area contributed by atoms with E-state index in [1.165, 1.54) is 80.3 Å². The summed E-state index contributed by atoms with van der Waals surface area (Å²) in [5.41, 5.74) is 9.39. The Labute approximate surface area is 297 Å². The first-order chi connectivity index (χ1) is 24.6. The van der Waals surface area contributed by atoms with E-state index in [2.05, 4.69) is 179 Å². The Morgan fingerprint density at radius 2 is 1.08 bits per heavy atom. The molecule has 0 fully saturated rings. The fourth-order valence-corrected chi connectivity index (χ4v) is 8.71. The summed E-state index contributed by atoms with van der Waals surface area (Å²) < 4.78 is 9.08. The number of thiophene rings is 1. The molecular weight excluding hydrogens is 625 g/mol. The molecule has 0 amide bonds. The Kier molecular flexibility index (Phi) is 8.40. The lowest BCUT2D eigenvalue weighted by atomic mass is 9.95. The van der Waals surface area contributed by atoms with Gasteiger partial charge in [-0.05, 0) is 95.1 Å². The molecule has 8 aromatic rings. The van der Waals surface area contributed by atoms with Gasteiger partial charge >= 0.3 is 0 Å². The van der Waals surface area contributed by atoms with E-state index in [1.54, 1.807) is 0 Å². The number of allylic oxidation sites excluding steroid dienone is 1. The van der Waals surface area contributed by atoms with E-state index in [-0.39, 0.29) is 0 Å². The van der Waals surface area contributed by atoms with E-state index in [1.807, 2.05) is 18.3 Å². The predicted octanol–water partition coefficient (Wildman–Crippen LogP) is 13.0. The van der Waals surface area contributed by atoms with Crippen LogP contribution in [-0.4, -0.2) is 0 Å². The number of rotatable bonds is 4. The summed E-state index contributed by atoms with van der Waals surface area (Å²) in [7, 11) is 0. The van der Waals surface area contributed by atoms with Gasteiger partial charge in [-0.1, -0.05) is 140 Å². The standard InChI is InChI=1S/C48H38OS/c1-5-17-43-31(4)45-47(49-43)41-23-16-15-22-40(41)46-42-30-35(28-29-44(42)50-48(45)46)32-24-26-34(27-25-32)39-21-14-9-8-13-20-38(33-18-11-10-12-19-33)36(6-2)37(39)7-3/h5-30H,1-4H3/b13-8?,14-9?,17-5-,36-6+,37-7+,38-20?,39-21?. The number of furan rings is 1. The lowest BCUT2D eigenvalue weighted by Gasteiger charge is -2.08. The molecule has 0 atom stereocenters. The van der Waals surface area contributed by atoms with Crippen LogP contribution in [0.2, 0.25) is 0 Å². The van der Waals surface area contributed by atoms with Gasteiger partial charge < -0.3 is 4.42 Å². The topological polar surface area (TPSA) is 13.1 Å². The summed E-state index contributed by atoms with van der Waals surface area (Å²) in [5, 5.41) is 8.67. The molecule has 8 rings (SSSR count). The molecule has 0 radical (unpaired) electrons. The highest BCUT2D eigenvalue weighted by Crippen LogP contribution is 2.47. The molecule has 2 aromatic heterocycles. The average molecular weight is 663 g/mol. The van der Waals surface area contributed by atoms with Crippen LogP contribution in [0.1, 0.15) is 32.1 Å². The van der Waals surface area contributed by atoms with Crippen LogP contribution >= 0.6 is 11.3 Å². The zero-order valence-electron chi connectivity index (χ0n) is 28.8. The molecule has 2 heteroatoms. The maximum absolute atomic E-state index is 6.49. The maximum atomic E-state index is 6.49. The minimum absolute atomic E-state index is 0.936. The monoisotopic (exact) mass is 662 g/mol. The summed E-state index contributed by atoms with van der Waals surface area (Å²) >= 11 is 1.87. The second kappa shape index (κ2) is 13.3. The van der Waals surface area contributed by atoms with Crippen LogP contribution in [0.3, 0.4) is 0 Å². The smallest absolute Gasteiger partial charge is 0.144 e. The summed E-state index contributed by atoms with van der Waals surface area (Å²) in [4.78, 5) is 0. The normalized spacial score (nSPS) is 12.6. The molecule has 0 aliphatic rings. The second-order valence-electron chi connectivity index (χ2n) is 12.6. The van der Waals surface area contributed by atoms with E-state index in [9.17, 15) is 0 Å². The van der Waals surface area contributed by atoms with Crippen molar-refractivity contribution in [3.8, 4) is 33.4 Å². The van der Waals surface area contributed by atoms with E-state index in [0.717, 1.165) is 16.7 Å². The highest BCUT2D eigenvalue weighted by Gasteiger charge is 2.20. The van der Waals surface area contributed by atoms with Gasteiger partial charge in [0.15, 0.2) is 0 Å². The average Bonchev–Trinajstić information content (AvgIpc) is 3.70. The van der Waals surface area contributed by atoms with Crippen LogP contribution in [0.5, 0.6) is 0 Å². The Hall–Kier alpha value is -5.70. The summed E-state index contributed by atoms with van der Waals surface area (Å²) in [6, 6.07) is 48.3. The summed E-state index contributed by atoms with van der Waals surface area (Å²) in [6.45, 7) is 8.50. The lowest BCUT2D eigenvalue weighted by Crippen LogP contribution is -2.26. The molecule has 0 saturated heterocycles. The van der Waals surface area contributed by atoms with Crippen LogP contribution in [0.15, 0.2) is 144 Å². The molecule has 6 aromatic carbocycles. The highest BCUT2D eigenvalue weighted by molar-refractivity contribution is 7.27. The van der Waals surface area contributed by atoms with Crippen LogP contribution < -0.4 is 10.4 Å². The molecule has 1 nitrogen and oxygen atoms in total. The first-order valence-electron chi connectivity index (χ1n) is 17.3. The number of benzene rings is 5. The van der Waals surface area contributed by atoms with Gasteiger partial charge in [0.2, 0.25) is 0 Å². The SMILES string of the molecule is C/C=C\c1oc2c3ccccc3c3c4cc(-c5ccc(-c6ccccccc(-c7ccccc7)c(=C/C)/c6=C\C)cc5)ccc4sc3c2c1C. The Morgan fingerprint density at radius 3 is 1.74 bits per heavy atom. The third-order valence-corrected chi connectivity index (χ3v) is 11.0. The lowest BCUT2D eigenvalue weighted by molar-refractivity contribution is 0.604. The largest absolute Gasteiger partial charge is 0.456 e. The fraction of sp³-hybridized carbons (Fsp3) is 0.0833. The fourth-order valence-electron chi connectivity index (χ4n) is 7.41. The summed E-state index contributed by atoms with van der Waals surface area (Å²) in [6.07, 6.45) is 8.60. The van der Waals surface area contributed by atoms with Gasteiger partial charge in [0, 0.05) is 36.5 Å². The molecule has 0 N–H and O–H groups in total. The summed E-state index contributed by atoms with van der Waals surface area (Å²) in [5.74, 6) is 0.936. The van der Waals surface area contributed by atoms with Crippen molar-refractivity contribution < 1.29 is 4.42 Å². The van der Waals surface area contributed by atoms with Gasteiger partial charge in [0.25, 0.3) is 0 Å². The van der Waals surface area contributed by atoms with Crippen molar-refractivity contribution in [1.82, 2.24) is 0 Å². The quantitative estimate of drug-likeness (QED) is 0.183. The molecule has 50 heavy (non-hydrogen) atoms. The van der Waals surface area contributed by atoms with Crippen molar-refractivity contribution in [2.75, 3.05) is 0 Å². The van der Waals surface area contributed by atoms with E-state index < -0.39 is 0 Å². The van der Waals surface area contributed by atoms with Crippen molar-refractivity contribution in [2.45, 2.75) is 27.7 Å². The number of hydrogen-bond acceptors (Lipinski definition) is 2. The Morgan fingerprint density at radius 1 is 0.520 bits per heavy atom. The first-order valence-corrected chi connectivity index (χ1v) is 18.1. The first kappa shape index (κ1) is 31.6. The van der Waals surface area contributed by atoms with Crippen LogP contribution in [-0.2, 0) is 0 Å². The van der Waals surface area contributed by atoms with Crippen molar-refractivity contribution >= 4 is 71.5 Å². The number of aryl methyl sites for hydroxylation is 1. The van der Waals surface area contributed by atoms with Gasteiger partial charge in [-0.25, -0.2) is 0 Å². The molecule has 0 spiro atoms. The van der Waals surface area contributed by atoms with E-state index in [0.29, 0.717) is 0 Å². The van der Waals surface area contributed by atoms with Crippen molar-refractivity contribution in [3.05, 3.63) is 161 Å². The van der Waals surface area contributed by atoms with Crippen molar-refractivity contribution in [1.29, 1.82) is 0 Å². The minimum atomic E-state index is 0.936. The molecule has 2 heterocycles. The molecule has 0 saturated carbocycles.